The van der Waals surface area contributed by atoms with E-state index in [-0.39, 0.29) is 52.0 Å². The zero-order chi connectivity index (χ0) is 23.3. The van der Waals surface area contributed by atoms with Crippen LogP contribution >= 0.6 is 22.9 Å². The summed E-state index contributed by atoms with van der Waals surface area (Å²) in [4.78, 5) is 55.5. The Morgan fingerprint density at radius 3 is 2.66 bits per heavy atom. The molecule has 1 aromatic heterocycles. The summed E-state index contributed by atoms with van der Waals surface area (Å²) in [5.74, 6) is -3.07. The van der Waals surface area contributed by atoms with Gasteiger partial charge in [-0.1, -0.05) is 5.16 Å². The zero-order valence-electron chi connectivity index (χ0n) is 17.5. The van der Waals surface area contributed by atoms with Crippen molar-refractivity contribution in [2.24, 2.45) is 10.9 Å². The van der Waals surface area contributed by atoms with Crippen molar-refractivity contribution in [1.29, 1.82) is 0 Å². The van der Waals surface area contributed by atoms with Crippen molar-refractivity contribution in [2.75, 3.05) is 24.9 Å². The van der Waals surface area contributed by atoms with E-state index < -0.39 is 58.5 Å². The second kappa shape index (κ2) is 11.7. The minimum atomic E-state index is -4.99. The molecule has 172 valence electrons. The summed E-state index contributed by atoms with van der Waals surface area (Å²) in [5, 5.41) is 9.53. The maximum absolute atomic E-state index is 12.6. The van der Waals surface area contributed by atoms with Crippen LogP contribution in [0, 0.1) is 0 Å². The summed E-state index contributed by atoms with van der Waals surface area (Å²) in [5.41, 5.74) is 4.36. The number of nitrogens with two attached hydrogens (primary N) is 1. The number of carbonyl (C=O) groups is 4. The van der Waals surface area contributed by atoms with Crippen LogP contribution in [0.1, 0.15) is 7.12 Å². The molecule has 0 bridgehead atoms. The quantitative estimate of drug-likeness (QED) is 0.0606. The molecular weight excluding hydrogens is 507 g/mol. The number of carbonyl (C=O) groups excluding carboxylic acids is 4. The molecule has 0 saturated carbocycles. The summed E-state index contributed by atoms with van der Waals surface area (Å²) in [6.07, 6.45) is -1.27. The summed E-state index contributed by atoms with van der Waals surface area (Å²) in [7, 11) is -3.86. The molecule has 5 N–H and O–H groups in total. The number of halogens is 1. The van der Waals surface area contributed by atoms with Gasteiger partial charge < -0.3 is 27.4 Å². The number of anilines is 1. The molecule has 2 atom stereocenters. The van der Waals surface area contributed by atoms with Crippen LogP contribution in [0.4, 0.5) is 9.93 Å². The van der Waals surface area contributed by atoms with Crippen molar-refractivity contribution in [2.45, 2.75) is 12.1 Å². The van der Waals surface area contributed by atoms with E-state index in [0.717, 1.165) is 18.4 Å². The number of nitrogens with zero attached hydrogens (tertiary/aromatic N) is 3. The van der Waals surface area contributed by atoms with Gasteiger partial charge in [-0.3, -0.25) is 18.9 Å². The van der Waals surface area contributed by atoms with E-state index in [2.05, 4.69) is 30.3 Å². The van der Waals surface area contributed by atoms with Gasteiger partial charge in [-0.15, -0.1) is 22.9 Å². The Balaban J connectivity index is 0.00000512. The molecule has 0 radical (unpaired) electrons. The van der Waals surface area contributed by atoms with Gasteiger partial charge >= 0.3 is 46.0 Å². The van der Waals surface area contributed by atoms with Gasteiger partial charge in [0.2, 0.25) is 5.91 Å². The molecule has 2 rings (SSSR count). The van der Waals surface area contributed by atoms with Crippen molar-refractivity contribution in [3.05, 3.63) is 11.1 Å². The Hall–Kier alpha value is -2.02. The van der Waals surface area contributed by atoms with Gasteiger partial charge in [-0.25, -0.2) is 14.1 Å². The molecule has 1 aliphatic rings. The van der Waals surface area contributed by atoms with E-state index in [1.165, 1.54) is 5.38 Å². The fraction of sp³-hybridized carbons (Fsp3) is 0.385. The van der Waals surface area contributed by atoms with Gasteiger partial charge in [0.1, 0.15) is 37.4 Å². The second-order valence-corrected chi connectivity index (χ2v) is 8.02. The van der Waals surface area contributed by atoms with E-state index >= 15 is 0 Å². The smallest absolute Gasteiger partial charge is 1.00 e. The fourth-order valence-corrected chi connectivity index (χ4v) is 4.03. The van der Waals surface area contributed by atoms with Gasteiger partial charge in [0.15, 0.2) is 10.8 Å². The topological polar surface area (TPSA) is 220 Å². The number of primary amides is 1. The first kappa shape index (κ1) is 28.0. The number of hydrogen-bond acceptors (Lipinski definition) is 11. The van der Waals surface area contributed by atoms with Crippen LogP contribution in [0.15, 0.2) is 10.5 Å². The third-order valence-electron chi connectivity index (χ3n) is 3.61. The average molecular weight is 523 g/mol. The number of oxime groups is 1. The first-order valence-corrected chi connectivity index (χ1v) is 10.8. The molecular formula is C13H16ClN6NaO9S2. The van der Waals surface area contributed by atoms with Crippen molar-refractivity contribution in [3.8, 4) is 0 Å². The maximum atomic E-state index is 12.6. The van der Waals surface area contributed by atoms with Crippen LogP contribution < -0.4 is 45.9 Å². The average Bonchev–Trinajstić information content (AvgIpc) is 3.13. The molecule has 4 amide bonds. The van der Waals surface area contributed by atoms with Crippen molar-refractivity contribution in [3.63, 3.8) is 0 Å². The van der Waals surface area contributed by atoms with Crippen LogP contribution in [0.3, 0.4) is 0 Å². The van der Waals surface area contributed by atoms with Gasteiger partial charge in [0, 0.05) is 5.38 Å². The molecule has 1 saturated heterocycles. The molecule has 2 unspecified atom stereocenters. The molecule has 0 spiro atoms. The predicted molar refractivity (Wildman–Crippen MR) is 106 cm³/mol. The Kier molecular flexibility index (Phi) is 10.3. The summed E-state index contributed by atoms with van der Waals surface area (Å²) in [6.45, 7) is -0.728. The van der Waals surface area contributed by atoms with Crippen molar-refractivity contribution >= 4 is 67.9 Å². The van der Waals surface area contributed by atoms with Gasteiger partial charge in [-0.2, -0.15) is 8.42 Å². The molecule has 0 aliphatic carbocycles. The summed E-state index contributed by atoms with van der Waals surface area (Å²) in [6, 6.07) is -2.97. The number of aromatic nitrogens is 1. The summed E-state index contributed by atoms with van der Waals surface area (Å²) < 4.78 is 36.4. The Morgan fingerprint density at radius 1 is 1.47 bits per heavy atom. The van der Waals surface area contributed by atoms with Crippen molar-refractivity contribution < 1.29 is 72.7 Å². The monoisotopic (exact) mass is 522 g/mol. The number of β-lactam (4-membered cyclic amide) rings is 1. The summed E-state index contributed by atoms with van der Waals surface area (Å²) >= 11 is 6.33. The van der Waals surface area contributed by atoms with Gasteiger partial charge in [0.25, 0.3) is 11.8 Å². The molecule has 15 nitrogen and oxygen atoms in total. The SMILES string of the molecule is CO/N=C(\C(=O)NC1C(=O)N(S(=O)(=O)O)C1COC(N)=O)c1csc(NC(=O)CCl)n1.[H-].[Na+]. The largest absolute Gasteiger partial charge is 1.00 e. The molecule has 1 aromatic rings. The number of nitrogens with one attached hydrogen (secondary N) is 2. The molecule has 32 heavy (non-hydrogen) atoms. The third kappa shape index (κ3) is 6.74. The van der Waals surface area contributed by atoms with E-state index in [4.69, 9.17) is 21.9 Å². The molecule has 2 heterocycles. The van der Waals surface area contributed by atoms with E-state index in [1.807, 2.05) is 0 Å². The van der Waals surface area contributed by atoms with E-state index in [9.17, 15) is 27.6 Å². The number of ether oxygens (including phenoxy) is 1. The van der Waals surface area contributed by atoms with Crippen LogP contribution in [0.5, 0.6) is 0 Å². The molecule has 1 aliphatic heterocycles. The Labute approximate surface area is 213 Å². The number of hydrogen-bond donors (Lipinski definition) is 4. The van der Waals surface area contributed by atoms with E-state index in [1.54, 1.807) is 0 Å². The molecule has 0 aromatic carbocycles. The standard InChI is InChI=1S/C13H15ClN6O9S2.Na.H/c1-28-19-8(5-4-30-13(16-5)17-7(21)2-14)10(22)18-9-6(3-29-12(15)24)20(11(9)23)31(25,26)27;;/h4,6,9H,2-3H2,1H3,(H2,15,24)(H,18,22)(H,16,17,21)(H,25,26,27);;/q;+1;-1/b19-8-;;. The van der Waals surface area contributed by atoms with Crippen molar-refractivity contribution in [1.82, 2.24) is 14.6 Å². The minimum absolute atomic E-state index is 0. The Bertz CT molecular complexity index is 1040. The third-order valence-corrected chi connectivity index (χ3v) is 5.56. The minimum Gasteiger partial charge on any atom is -1.00 e. The van der Waals surface area contributed by atoms with Gasteiger partial charge in [-0.05, 0) is 0 Å². The fourth-order valence-electron chi connectivity index (χ4n) is 2.39. The molecule has 1 fully saturated rings. The number of alkyl halides is 1. The predicted octanol–water partition coefficient (Wildman–Crippen LogP) is -4.62. The second-order valence-electron chi connectivity index (χ2n) is 5.60. The first-order chi connectivity index (χ1) is 14.5. The van der Waals surface area contributed by atoms with Crippen LogP contribution in [-0.4, -0.2) is 83.5 Å². The molecule has 19 heteroatoms. The van der Waals surface area contributed by atoms with E-state index in [0.29, 0.717) is 0 Å². The Morgan fingerprint density at radius 2 is 2.12 bits per heavy atom. The number of thiazole rings is 1. The maximum Gasteiger partial charge on any atom is 1.00 e. The van der Waals surface area contributed by atoms with Crippen LogP contribution in [0.2, 0.25) is 0 Å². The zero-order valence-corrected chi connectivity index (χ0v) is 20.9. The number of amides is 4. The van der Waals surface area contributed by atoms with Gasteiger partial charge in [0.05, 0.1) is 0 Å². The van der Waals surface area contributed by atoms with Crippen LogP contribution in [0.25, 0.3) is 0 Å². The normalized spacial score (nSPS) is 18.2. The first-order valence-electron chi connectivity index (χ1n) is 7.96. The number of rotatable bonds is 9. The van der Waals surface area contributed by atoms with Crippen LogP contribution in [-0.2, 0) is 34.3 Å².